The van der Waals surface area contributed by atoms with E-state index in [1.807, 2.05) is 53.6 Å². The lowest BCUT2D eigenvalue weighted by Crippen LogP contribution is -2.30. The zero-order valence-electron chi connectivity index (χ0n) is 16.3. The van der Waals surface area contributed by atoms with Crippen LogP contribution in [0, 0.1) is 0 Å². The van der Waals surface area contributed by atoms with Crippen LogP contribution in [0.4, 0.5) is 5.69 Å². The van der Waals surface area contributed by atoms with Gasteiger partial charge in [-0.05, 0) is 66.8 Å². The Hall–Kier alpha value is -3.42. The van der Waals surface area contributed by atoms with Gasteiger partial charge in [0.2, 0.25) is 0 Å². The number of phenolic OH excluding ortho intramolecular Hbond substituents is 1. The minimum absolute atomic E-state index is 0.0993. The van der Waals surface area contributed by atoms with Crippen molar-refractivity contribution in [1.82, 2.24) is 19.9 Å². The number of halogens is 1. The van der Waals surface area contributed by atoms with E-state index in [1.54, 1.807) is 36.8 Å². The zero-order chi connectivity index (χ0) is 21.4. The molecule has 0 aliphatic carbocycles. The average Bonchev–Trinajstić information content (AvgIpc) is 3.41. The highest BCUT2D eigenvalue weighted by molar-refractivity contribution is 7.80. The van der Waals surface area contributed by atoms with Gasteiger partial charge < -0.3 is 19.9 Å². The van der Waals surface area contributed by atoms with Crippen molar-refractivity contribution in [2.45, 2.75) is 12.1 Å². The van der Waals surface area contributed by atoms with E-state index in [-0.39, 0.29) is 17.8 Å². The Labute approximate surface area is 189 Å². The maximum absolute atomic E-state index is 10.7. The van der Waals surface area contributed by atoms with E-state index in [0.29, 0.717) is 15.8 Å². The number of rotatable bonds is 4. The van der Waals surface area contributed by atoms with Crippen LogP contribution in [-0.2, 0) is 0 Å². The molecule has 2 N–H and O–H groups in total. The van der Waals surface area contributed by atoms with Crippen LogP contribution in [0.1, 0.15) is 23.5 Å². The fourth-order valence-corrected chi connectivity index (χ4v) is 4.48. The number of benzene rings is 1. The second kappa shape index (κ2) is 8.02. The van der Waals surface area contributed by atoms with Crippen molar-refractivity contribution in [3.05, 3.63) is 102 Å². The van der Waals surface area contributed by atoms with Gasteiger partial charge in [-0.15, -0.1) is 0 Å². The summed E-state index contributed by atoms with van der Waals surface area (Å²) in [4.78, 5) is 10.6. The van der Waals surface area contributed by atoms with Crippen molar-refractivity contribution in [2.24, 2.45) is 0 Å². The van der Waals surface area contributed by atoms with Gasteiger partial charge in [-0.1, -0.05) is 17.7 Å². The number of thiocarbonyl (C=S) groups is 1. The van der Waals surface area contributed by atoms with Gasteiger partial charge in [0.05, 0.1) is 17.4 Å². The third kappa shape index (κ3) is 3.52. The van der Waals surface area contributed by atoms with E-state index in [9.17, 15) is 5.11 Å². The lowest BCUT2D eigenvalue weighted by Gasteiger charge is -2.29. The third-order valence-electron chi connectivity index (χ3n) is 5.32. The number of nitrogens with one attached hydrogen (secondary N) is 1. The molecule has 0 bridgehead atoms. The molecule has 31 heavy (non-hydrogen) atoms. The van der Waals surface area contributed by atoms with E-state index < -0.39 is 0 Å². The van der Waals surface area contributed by atoms with E-state index in [0.717, 1.165) is 17.1 Å². The van der Waals surface area contributed by atoms with Gasteiger partial charge in [-0.25, -0.2) is 0 Å². The summed E-state index contributed by atoms with van der Waals surface area (Å²) < 4.78 is 2.09. The van der Waals surface area contributed by atoms with Crippen LogP contribution in [0.3, 0.4) is 0 Å². The van der Waals surface area contributed by atoms with E-state index in [2.05, 4.69) is 19.9 Å². The quantitative estimate of drug-likeness (QED) is 0.438. The minimum Gasteiger partial charge on any atom is -0.506 e. The third-order valence-corrected chi connectivity index (χ3v) is 5.87. The molecule has 6 nitrogen and oxygen atoms in total. The molecule has 4 aromatic rings. The molecule has 0 radical (unpaired) electrons. The lowest BCUT2D eigenvalue weighted by atomic mass is 10.0. The van der Waals surface area contributed by atoms with Gasteiger partial charge in [-0.3, -0.25) is 9.97 Å². The molecule has 8 heteroatoms. The zero-order valence-corrected chi connectivity index (χ0v) is 17.8. The number of hydrogen-bond donors (Lipinski definition) is 2. The Bertz CT molecular complexity index is 1230. The minimum atomic E-state index is -0.282. The Morgan fingerprint density at radius 1 is 1.00 bits per heavy atom. The van der Waals surface area contributed by atoms with Gasteiger partial charge in [0, 0.05) is 41.2 Å². The predicted octanol–water partition coefficient (Wildman–Crippen LogP) is 4.80. The Balaban J connectivity index is 1.70. The first-order valence-corrected chi connectivity index (χ1v) is 10.5. The first-order valence-electron chi connectivity index (χ1n) is 9.70. The lowest BCUT2D eigenvalue weighted by molar-refractivity contribution is 0.472. The highest BCUT2D eigenvalue weighted by Crippen LogP contribution is 2.45. The van der Waals surface area contributed by atoms with Crippen LogP contribution in [-0.4, -0.2) is 24.8 Å². The molecule has 1 aliphatic heterocycles. The summed E-state index contributed by atoms with van der Waals surface area (Å²) in [7, 11) is 0. The largest absolute Gasteiger partial charge is 0.506 e. The molecule has 0 saturated carbocycles. The molecule has 1 aromatic carbocycles. The molecule has 4 heterocycles. The number of aromatic nitrogens is 3. The Morgan fingerprint density at radius 3 is 2.61 bits per heavy atom. The maximum atomic E-state index is 10.7. The van der Waals surface area contributed by atoms with Crippen molar-refractivity contribution in [2.75, 3.05) is 4.90 Å². The van der Waals surface area contributed by atoms with E-state index >= 15 is 0 Å². The van der Waals surface area contributed by atoms with Crippen molar-refractivity contribution in [3.8, 4) is 11.4 Å². The summed E-state index contributed by atoms with van der Waals surface area (Å²) in [5.41, 5.74) is 3.34. The molecule has 1 fully saturated rings. The van der Waals surface area contributed by atoms with Gasteiger partial charge in [-0.2, -0.15) is 0 Å². The fraction of sp³-hybridized carbons (Fsp3) is 0.0870. The average molecular weight is 448 g/mol. The van der Waals surface area contributed by atoms with Gasteiger partial charge in [0.1, 0.15) is 11.8 Å². The monoisotopic (exact) mass is 447 g/mol. The number of pyridine rings is 2. The summed E-state index contributed by atoms with van der Waals surface area (Å²) in [5, 5.41) is 15.1. The van der Waals surface area contributed by atoms with Gasteiger partial charge in [0.25, 0.3) is 0 Å². The van der Waals surface area contributed by atoms with Crippen LogP contribution >= 0.6 is 23.8 Å². The van der Waals surface area contributed by atoms with Crippen molar-refractivity contribution in [3.63, 3.8) is 0 Å². The molecule has 2 atom stereocenters. The summed E-state index contributed by atoms with van der Waals surface area (Å²) in [6.45, 7) is 0. The molecule has 3 aromatic heterocycles. The second-order valence-corrected chi connectivity index (χ2v) is 7.96. The number of anilines is 1. The molecular formula is C23H18ClN5OS. The first-order chi connectivity index (χ1) is 15.1. The topological polar surface area (TPSA) is 66.2 Å². The molecule has 0 amide bonds. The highest BCUT2D eigenvalue weighted by atomic mass is 35.5. The standard InChI is InChI=1S/C23H18ClN5OS/c24-15-6-7-20(30)19(14-15)29-22(21(27-23(29)31)17-4-1-2-10-26-17)18-5-3-13-28(18)16-8-11-25-12-9-16/h1-14,21-22,30H,(H,27,31)/t21-,22-/m1/s1. The first kappa shape index (κ1) is 19.5. The Morgan fingerprint density at radius 2 is 1.84 bits per heavy atom. The molecule has 1 aliphatic rings. The highest BCUT2D eigenvalue weighted by Gasteiger charge is 2.43. The van der Waals surface area contributed by atoms with Gasteiger partial charge in [0.15, 0.2) is 5.11 Å². The molecular weight excluding hydrogens is 430 g/mol. The van der Waals surface area contributed by atoms with Crippen LogP contribution in [0.2, 0.25) is 5.02 Å². The summed E-state index contributed by atoms with van der Waals surface area (Å²) in [6.07, 6.45) is 7.27. The van der Waals surface area contributed by atoms with E-state index in [1.165, 1.54) is 0 Å². The smallest absolute Gasteiger partial charge is 0.174 e. The number of aromatic hydroxyl groups is 1. The molecule has 154 valence electrons. The van der Waals surface area contributed by atoms with Crippen LogP contribution < -0.4 is 10.2 Å². The number of nitrogens with zero attached hydrogens (tertiary/aromatic N) is 4. The maximum Gasteiger partial charge on any atom is 0.174 e. The fourth-order valence-electron chi connectivity index (χ4n) is 3.98. The SMILES string of the molecule is Oc1ccc(Cl)cc1N1C(=S)N[C@H](c2ccccn2)[C@H]1c1cccn1-c1ccncc1. The van der Waals surface area contributed by atoms with Crippen LogP contribution in [0.5, 0.6) is 5.75 Å². The van der Waals surface area contributed by atoms with Crippen molar-refractivity contribution < 1.29 is 5.11 Å². The van der Waals surface area contributed by atoms with Crippen molar-refractivity contribution in [1.29, 1.82) is 0 Å². The molecule has 0 spiro atoms. The summed E-state index contributed by atoms with van der Waals surface area (Å²) in [6, 6.07) is 18.2. The van der Waals surface area contributed by atoms with Crippen molar-refractivity contribution >= 4 is 34.6 Å². The predicted molar refractivity (Wildman–Crippen MR) is 125 cm³/mol. The number of hydrogen-bond acceptors (Lipinski definition) is 4. The summed E-state index contributed by atoms with van der Waals surface area (Å²) >= 11 is 12.0. The van der Waals surface area contributed by atoms with Crippen LogP contribution in [0.15, 0.2) is 85.5 Å². The van der Waals surface area contributed by atoms with E-state index in [4.69, 9.17) is 23.8 Å². The van der Waals surface area contributed by atoms with Gasteiger partial charge >= 0.3 is 0 Å². The molecule has 0 unspecified atom stereocenters. The second-order valence-electron chi connectivity index (χ2n) is 7.14. The number of phenols is 1. The summed E-state index contributed by atoms with van der Waals surface area (Å²) in [5.74, 6) is 0.0993. The molecule has 5 rings (SSSR count). The van der Waals surface area contributed by atoms with Crippen LogP contribution in [0.25, 0.3) is 5.69 Å². The Kier molecular flexibility index (Phi) is 5.05. The molecule has 1 saturated heterocycles. The normalized spacial score (nSPS) is 18.2.